The number of carbonyl (C=O) groups excluding carboxylic acids is 1. The van der Waals surface area contributed by atoms with Crippen LogP contribution in [0.15, 0.2) is 52.9 Å². The summed E-state index contributed by atoms with van der Waals surface area (Å²) in [7, 11) is 0. The fourth-order valence-electron chi connectivity index (χ4n) is 2.44. The highest BCUT2D eigenvalue weighted by Crippen LogP contribution is 2.29. The minimum absolute atomic E-state index is 0.198. The van der Waals surface area contributed by atoms with E-state index in [1.54, 1.807) is 24.3 Å². The molecule has 0 saturated heterocycles. The summed E-state index contributed by atoms with van der Waals surface area (Å²) in [5.74, 6) is 0.480. The summed E-state index contributed by atoms with van der Waals surface area (Å²) >= 11 is 2.69. The Kier molecular flexibility index (Phi) is 6.36. The molecular weight excluding hydrogens is 357 g/mol. The number of nitrogens with zero attached hydrogens (tertiary/aromatic N) is 2. The van der Waals surface area contributed by atoms with Gasteiger partial charge in [0.15, 0.2) is 4.34 Å². The van der Waals surface area contributed by atoms with Crippen LogP contribution in [0.2, 0.25) is 0 Å². The molecule has 1 heterocycles. The Morgan fingerprint density at radius 1 is 1.36 bits per heavy atom. The van der Waals surface area contributed by atoms with Gasteiger partial charge < -0.3 is 0 Å². The van der Waals surface area contributed by atoms with Crippen LogP contribution in [0.25, 0.3) is 0 Å². The van der Waals surface area contributed by atoms with Crippen LogP contribution in [0.3, 0.4) is 0 Å². The normalized spacial score (nSPS) is 17.1. The SMILES string of the molecule is O=C(/C=C/C1CC=CCC1)Nc1nnc(SCc2ccccc2F)s1. The number of carbonyl (C=O) groups is 1. The Hall–Kier alpha value is -1.99. The van der Waals surface area contributed by atoms with E-state index in [9.17, 15) is 9.18 Å². The Bertz CT molecular complexity index is 788. The van der Waals surface area contributed by atoms with E-state index in [-0.39, 0.29) is 11.7 Å². The number of anilines is 1. The molecule has 3 rings (SSSR count). The molecule has 1 aliphatic carbocycles. The molecule has 1 unspecified atom stereocenters. The van der Waals surface area contributed by atoms with E-state index < -0.39 is 0 Å². The standard InChI is InChI=1S/C18H18FN3OS2/c19-15-9-5-4-8-14(15)12-24-18-22-21-17(25-18)20-16(23)11-10-13-6-2-1-3-7-13/h1-2,4-5,8-11,13H,3,6-7,12H2,(H,20,21,23)/b11-10+. The van der Waals surface area contributed by atoms with Gasteiger partial charge in [0.25, 0.3) is 0 Å². The van der Waals surface area contributed by atoms with E-state index >= 15 is 0 Å². The van der Waals surface area contributed by atoms with Gasteiger partial charge in [0, 0.05) is 5.75 Å². The van der Waals surface area contributed by atoms with Gasteiger partial charge in [-0.2, -0.15) is 0 Å². The van der Waals surface area contributed by atoms with Crippen LogP contribution in [0.4, 0.5) is 9.52 Å². The monoisotopic (exact) mass is 375 g/mol. The molecule has 1 aromatic carbocycles. The Morgan fingerprint density at radius 2 is 2.24 bits per heavy atom. The first kappa shape index (κ1) is 17.8. The molecule has 1 aliphatic rings. The number of allylic oxidation sites excluding steroid dienone is 3. The third-order valence-electron chi connectivity index (χ3n) is 3.77. The van der Waals surface area contributed by atoms with E-state index in [0.717, 1.165) is 19.3 Å². The van der Waals surface area contributed by atoms with Gasteiger partial charge in [0.1, 0.15) is 5.82 Å². The van der Waals surface area contributed by atoms with Crippen LogP contribution in [0, 0.1) is 11.7 Å². The quantitative estimate of drug-likeness (QED) is 0.340. The van der Waals surface area contributed by atoms with Crippen molar-refractivity contribution in [1.29, 1.82) is 0 Å². The topological polar surface area (TPSA) is 54.9 Å². The highest BCUT2D eigenvalue weighted by atomic mass is 32.2. The predicted octanol–water partition coefficient (Wildman–Crippen LogP) is 4.82. The van der Waals surface area contributed by atoms with E-state index in [2.05, 4.69) is 27.7 Å². The molecule has 1 atom stereocenters. The second-order valence-corrected chi connectivity index (χ2v) is 7.85. The average molecular weight is 375 g/mol. The number of aromatic nitrogens is 2. The number of rotatable bonds is 6. The number of benzene rings is 1. The van der Waals surface area contributed by atoms with Crippen LogP contribution >= 0.6 is 23.1 Å². The Balaban J connectivity index is 1.49. The van der Waals surface area contributed by atoms with Gasteiger partial charge in [-0.1, -0.05) is 59.5 Å². The van der Waals surface area contributed by atoms with E-state index in [0.29, 0.717) is 26.7 Å². The second-order valence-electron chi connectivity index (χ2n) is 5.65. The summed E-state index contributed by atoms with van der Waals surface area (Å²) in [6.45, 7) is 0. The van der Waals surface area contributed by atoms with Crippen molar-refractivity contribution in [2.75, 3.05) is 5.32 Å². The Morgan fingerprint density at radius 3 is 3.04 bits per heavy atom. The molecule has 2 aromatic rings. The lowest BCUT2D eigenvalue weighted by molar-refractivity contribution is -0.111. The van der Waals surface area contributed by atoms with Gasteiger partial charge in [0.05, 0.1) is 0 Å². The van der Waals surface area contributed by atoms with Crippen molar-refractivity contribution in [3.8, 4) is 0 Å². The molecule has 0 bridgehead atoms. The molecular formula is C18H18FN3OS2. The maximum Gasteiger partial charge on any atom is 0.249 e. The molecule has 0 fully saturated rings. The number of nitrogens with one attached hydrogen (secondary N) is 1. The first-order valence-corrected chi connectivity index (χ1v) is 9.85. The molecule has 0 spiro atoms. The van der Waals surface area contributed by atoms with Crippen molar-refractivity contribution in [3.05, 3.63) is 60.0 Å². The molecule has 0 saturated carbocycles. The third kappa shape index (κ3) is 5.51. The van der Waals surface area contributed by atoms with Gasteiger partial charge in [-0.05, 0) is 42.9 Å². The summed E-state index contributed by atoms with van der Waals surface area (Å²) in [6.07, 6.45) is 11.0. The summed E-state index contributed by atoms with van der Waals surface area (Å²) < 4.78 is 14.3. The zero-order valence-electron chi connectivity index (χ0n) is 13.5. The van der Waals surface area contributed by atoms with Gasteiger partial charge in [-0.15, -0.1) is 10.2 Å². The molecule has 1 N–H and O–H groups in total. The van der Waals surface area contributed by atoms with Gasteiger partial charge in [-0.3, -0.25) is 10.1 Å². The van der Waals surface area contributed by atoms with Crippen molar-refractivity contribution >= 4 is 34.1 Å². The zero-order valence-corrected chi connectivity index (χ0v) is 15.2. The van der Waals surface area contributed by atoms with Crippen molar-refractivity contribution in [2.24, 2.45) is 5.92 Å². The number of hydrogen-bond donors (Lipinski definition) is 1. The largest absolute Gasteiger partial charge is 0.297 e. The molecule has 7 heteroatoms. The van der Waals surface area contributed by atoms with E-state index in [1.165, 1.54) is 29.2 Å². The van der Waals surface area contributed by atoms with Crippen molar-refractivity contribution < 1.29 is 9.18 Å². The fourth-order valence-corrected chi connectivity index (χ4v) is 4.18. The second kappa shape index (κ2) is 8.92. The minimum Gasteiger partial charge on any atom is -0.297 e. The third-order valence-corrected chi connectivity index (χ3v) is 5.80. The summed E-state index contributed by atoms with van der Waals surface area (Å²) in [4.78, 5) is 12.0. The van der Waals surface area contributed by atoms with Gasteiger partial charge in [-0.25, -0.2) is 4.39 Å². The maximum absolute atomic E-state index is 13.6. The molecule has 1 aromatic heterocycles. The van der Waals surface area contributed by atoms with Crippen molar-refractivity contribution in [1.82, 2.24) is 10.2 Å². The summed E-state index contributed by atoms with van der Waals surface area (Å²) in [6, 6.07) is 6.66. The molecule has 130 valence electrons. The number of hydrogen-bond acceptors (Lipinski definition) is 5. The van der Waals surface area contributed by atoms with Crippen LogP contribution in [-0.2, 0) is 10.5 Å². The lowest BCUT2D eigenvalue weighted by atomic mass is 9.94. The van der Waals surface area contributed by atoms with Crippen LogP contribution < -0.4 is 5.32 Å². The summed E-state index contributed by atoms with van der Waals surface area (Å²) in [5.41, 5.74) is 0.623. The predicted molar refractivity (Wildman–Crippen MR) is 100 cm³/mol. The lowest BCUT2D eigenvalue weighted by Gasteiger charge is -2.12. The molecule has 0 aliphatic heterocycles. The molecule has 1 amide bonds. The lowest BCUT2D eigenvalue weighted by Crippen LogP contribution is -2.09. The first-order chi connectivity index (χ1) is 12.2. The number of halogens is 1. The number of thioether (sulfide) groups is 1. The van der Waals surface area contributed by atoms with E-state index in [4.69, 9.17) is 0 Å². The van der Waals surface area contributed by atoms with Crippen LogP contribution in [0.5, 0.6) is 0 Å². The Labute approximate surface area is 154 Å². The van der Waals surface area contributed by atoms with Crippen LogP contribution in [0.1, 0.15) is 24.8 Å². The maximum atomic E-state index is 13.6. The highest BCUT2D eigenvalue weighted by molar-refractivity contribution is 8.00. The minimum atomic E-state index is -0.226. The van der Waals surface area contributed by atoms with Crippen molar-refractivity contribution in [3.63, 3.8) is 0 Å². The fraction of sp³-hybridized carbons (Fsp3) is 0.278. The smallest absolute Gasteiger partial charge is 0.249 e. The summed E-state index contributed by atoms with van der Waals surface area (Å²) in [5, 5.41) is 11.2. The van der Waals surface area contributed by atoms with Crippen LogP contribution in [-0.4, -0.2) is 16.1 Å². The molecule has 25 heavy (non-hydrogen) atoms. The number of amides is 1. The van der Waals surface area contributed by atoms with E-state index in [1.807, 2.05) is 6.08 Å². The van der Waals surface area contributed by atoms with Gasteiger partial charge in [0.2, 0.25) is 11.0 Å². The molecule has 4 nitrogen and oxygen atoms in total. The van der Waals surface area contributed by atoms with Gasteiger partial charge >= 0.3 is 0 Å². The highest BCUT2D eigenvalue weighted by Gasteiger charge is 2.10. The molecule has 0 radical (unpaired) electrons. The average Bonchev–Trinajstić information content (AvgIpc) is 3.07. The van der Waals surface area contributed by atoms with Crippen molar-refractivity contribution in [2.45, 2.75) is 29.4 Å². The zero-order chi connectivity index (χ0) is 17.5. The first-order valence-electron chi connectivity index (χ1n) is 8.04.